The normalized spacial score (nSPS) is 25.1. The summed E-state index contributed by atoms with van der Waals surface area (Å²) in [7, 11) is -1.74. The topological polar surface area (TPSA) is 75.7 Å². The Morgan fingerprint density at radius 2 is 1.90 bits per heavy atom. The van der Waals surface area contributed by atoms with E-state index in [4.69, 9.17) is 4.74 Å². The minimum absolute atomic E-state index is 0.112. The highest BCUT2D eigenvalue weighted by molar-refractivity contribution is 7.88. The van der Waals surface area contributed by atoms with Crippen molar-refractivity contribution >= 4 is 15.9 Å². The number of nitrogens with one attached hydrogen (secondary N) is 1. The Hall–Kier alpha value is -0.660. The van der Waals surface area contributed by atoms with Crippen LogP contribution in [-0.2, 0) is 19.6 Å². The van der Waals surface area contributed by atoms with E-state index in [-0.39, 0.29) is 23.8 Å². The molecule has 0 aromatic heterocycles. The first-order chi connectivity index (χ1) is 8.99. The Morgan fingerprint density at radius 1 is 1.35 bits per heavy atom. The molecule has 7 heteroatoms. The van der Waals surface area contributed by atoms with Gasteiger partial charge in [-0.2, -0.15) is 4.31 Å². The summed E-state index contributed by atoms with van der Waals surface area (Å²) in [5, 5.41) is 2.93. The molecule has 2 atom stereocenters. The molecule has 1 saturated heterocycles. The second kappa shape index (κ2) is 5.99. The molecule has 0 bridgehead atoms. The zero-order valence-corrected chi connectivity index (χ0v) is 14.0. The van der Waals surface area contributed by atoms with Gasteiger partial charge in [0.1, 0.15) is 5.60 Å². The van der Waals surface area contributed by atoms with E-state index < -0.39 is 15.6 Å². The molecule has 1 heterocycles. The summed E-state index contributed by atoms with van der Waals surface area (Å²) in [6, 6.07) is -0.174. The van der Waals surface area contributed by atoms with Gasteiger partial charge in [0.2, 0.25) is 10.0 Å². The fraction of sp³-hybridized carbons (Fsp3) is 0.923. The minimum Gasteiger partial charge on any atom is -0.369 e. The molecule has 1 N–H and O–H groups in total. The van der Waals surface area contributed by atoms with Gasteiger partial charge >= 0.3 is 0 Å². The Kier molecular flexibility index (Phi) is 5.21. The SMILES string of the molecule is COC(C)(C)C(=O)NC1CN(S(C)(=O)=O)CC1C(C)C. The molecule has 20 heavy (non-hydrogen) atoms. The number of nitrogens with zero attached hydrogens (tertiary/aromatic N) is 1. The van der Waals surface area contributed by atoms with Crippen molar-refractivity contribution in [2.45, 2.75) is 39.3 Å². The fourth-order valence-electron chi connectivity index (χ4n) is 2.33. The van der Waals surface area contributed by atoms with Crippen molar-refractivity contribution in [1.82, 2.24) is 9.62 Å². The monoisotopic (exact) mass is 306 g/mol. The van der Waals surface area contributed by atoms with Crippen LogP contribution < -0.4 is 5.32 Å². The van der Waals surface area contributed by atoms with Crippen LogP contribution in [0.1, 0.15) is 27.7 Å². The maximum atomic E-state index is 12.2. The Balaban J connectivity index is 2.85. The number of carbonyl (C=O) groups is 1. The summed E-state index contributed by atoms with van der Waals surface area (Å²) >= 11 is 0. The molecular formula is C13H26N2O4S. The molecule has 1 rings (SSSR count). The number of ether oxygens (including phenoxy) is 1. The van der Waals surface area contributed by atoms with Gasteiger partial charge in [-0.15, -0.1) is 0 Å². The van der Waals surface area contributed by atoms with Crippen molar-refractivity contribution in [1.29, 1.82) is 0 Å². The van der Waals surface area contributed by atoms with Crippen LogP contribution in [0.5, 0.6) is 0 Å². The van der Waals surface area contributed by atoms with E-state index in [0.29, 0.717) is 13.1 Å². The number of hydrogen-bond donors (Lipinski definition) is 1. The van der Waals surface area contributed by atoms with Crippen molar-refractivity contribution in [3.63, 3.8) is 0 Å². The Morgan fingerprint density at radius 3 is 2.30 bits per heavy atom. The molecule has 0 spiro atoms. The third kappa shape index (κ3) is 3.93. The van der Waals surface area contributed by atoms with Crippen LogP contribution in [0.4, 0.5) is 0 Å². The summed E-state index contributed by atoms with van der Waals surface area (Å²) < 4.78 is 29.9. The number of amides is 1. The van der Waals surface area contributed by atoms with Crippen molar-refractivity contribution in [2.24, 2.45) is 11.8 Å². The second-order valence-corrected chi connectivity index (χ2v) is 8.26. The Bertz CT molecular complexity index is 459. The van der Waals surface area contributed by atoms with Crippen LogP contribution in [0, 0.1) is 11.8 Å². The fourth-order valence-corrected chi connectivity index (χ4v) is 3.20. The van der Waals surface area contributed by atoms with Crippen LogP contribution >= 0.6 is 0 Å². The smallest absolute Gasteiger partial charge is 0.251 e. The summed E-state index contributed by atoms with van der Waals surface area (Å²) in [5.41, 5.74) is -0.917. The van der Waals surface area contributed by atoms with Gasteiger partial charge in [-0.05, 0) is 25.7 Å². The summed E-state index contributed by atoms with van der Waals surface area (Å²) in [5.74, 6) is 0.185. The van der Waals surface area contributed by atoms with E-state index in [1.807, 2.05) is 13.8 Å². The summed E-state index contributed by atoms with van der Waals surface area (Å²) in [4.78, 5) is 12.2. The van der Waals surface area contributed by atoms with Crippen LogP contribution in [0.15, 0.2) is 0 Å². The van der Waals surface area contributed by atoms with Gasteiger partial charge in [-0.25, -0.2) is 8.42 Å². The predicted octanol–water partition coefficient (Wildman–Crippen LogP) is 0.444. The number of methoxy groups -OCH3 is 1. The first-order valence-corrected chi connectivity index (χ1v) is 8.65. The van der Waals surface area contributed by atoms with Gasteiger partial charge in [-0.3, -0.25) is 4.79 Å². The van der Waals surface area contributed by atoms with Crippen LogP contribution in [0.3, 0.4) is 0 Å². The maximum Gasteiger partial charge on any atom is 0.251 e. The molecule has 2 unspecified atom stereocenters. The van der Waals surface area contributed by atoms with Gasteiger partial charge in [0.15, 0.2) is 0 Å². The lowest BCUT2D eigenvalue weighted by Gasteiger charge is -2.28. The van der Waals surface area contributed by atoms with E-state index in [9.17, 15) is 13.2 Å². The number of rotatable bonds is 5. The maximum absolute atomic E-state index is 12.2. The molecule has 1 amide bonds. The molecule has 1 fully saturated rings. The molecule has 0 radical (unpaired) electrons. The largest absolute Gasteiger partial charge is 0.369 e. The molecule has 0 saturated carbocycles. The third-order valence-electron chi connectivity index (χ3n) is 4.03. The van der Waals surface area contributed by atoms with Gasteiger partial charge in [0.05, 0.1) is 6.26 Å². The molecule has 0 aromatic rings. The third-order valence-corrected chi connectivity index (χ3v) is 5.27. The molecule has 1 aliphatic rings. The zero-order valence-electron chi connectivity index (χ0n) is 13.1. The van der Waals surface area contributed by atoms with Gasteiger partial charge in [0.25, 0.3) is 5.91 Å². The molecule has 1 aliphatic heterocycles. The highest BCUT2D eigenvalue weighted by Gasteiger charge is 2.41. The summed E-state index contributed by atoms with van der Waals surface area (Å²) in [6.07, 6.45) is 1.20. The standard InChI is InChI=1S/C13H26N2O4S/c1-9(2)10-7-15(20(6,17)18)8-11(10)14-12(16)13(3,4)19-5/h9-11H,7-8H2,1-6H3,(H,14,16). The lowest BCUT2D eigenvalue weighted by molar-refractivity contribution is -0.140. The van der Waals surface area contributed by atoms with Crippen molar-refractivity contribution in [3.8, 4) is 0 Å². The average Bonchev–Trinajstić information content (AvgIpc) is 2.72. The van der Waals surface area contributed by atoms with Gasteiger partial charge in [0, 0.05) is 26.2 Å². The predicted molar refractivity (Wildman–Crippen MR) is 77.8 cm³/mol. The number of carbonyl (C=O) groups excluding carboxylic acids is 1. The molecular weight excluding hydrogens is 280 g/mol. The quantitative estimate of drug-likeness (QED) is 0.800. The van der Waals surface area contributed by atoms with Crippen molar-refractivity contribution in [3.05, 3.63) is 0 Å². The van der Waals surface area contributed by atoms with E-state index in [1.54, 1.807) is 13.8 Å². The van der Waals surface area contributed by atoms with Crippen LogP contribution in [0.2, 0.25) is 0 Å². The molecule has 0 aliphatic carbocycles. The van der Waals surface area contributed by atoms with Crippen molar-refractivity contribution in [2.75, 3.05) is 26.5 Å². The number of sulfonamides is 1. The zero-order chi connectivity index (χ0) is 15.7. The summed E-state index contributed by atoms with van der Waals surface area (Å²) in [6.45, 7) is 8.24. The lowest BCUT2D eigenvalue weighted by Crippen LogP contribution is -2.51. The molecule has 0 aromatic carbocycles. The van der Waals surface area contributed by atoms with Crippen molar-refractivity contribution < 1.29 is 17.9 Å². The molecule has 118 valence electrons. The van der Waals surface area contributed by atoms with Crippen LogP contribution in [0.25, 0.3) is 0 Å². The van der Waals surface area contributed by atoms with E-state index in [0.717, 1.165) is 0 Å². The van der Waals surface area contributed by atoms with Crippen LogP contribution in [-0.4, -0.2) is 56.7 Å². The highest BCUT2D eigenvalue weighted by atomic mass is 32.2. The lowest BCUT2D eigenvalue weighted by atomic mass is 9.91. The second-order valence-electron chi connectivity index (χ2n) is 6.28. The molecule has 6 nitrogen and oxygen atoms in total. The average molecular weight is 306 g/mol. The Labute approximate surface area is 121 Å². The number of hydrogen-bond acceptors (Lipinski definition) is 4. The minimum atomic E-state index is -3.23. The van der Waals surface area contributed by atoms with E-state index >= 15 is 0 Å². The van der Waals surface area contributed by atoms with E-state index in [2.05, 4.69) is 5.32 Å². The van der Waals surface area contributed by atoms with E-state index in [1.165, 1.54) is 17.7 Å². The van der Waals surface area contributed by atoms with Gasteiger partial charge in [-0.1, -0.05) is 13.8 Å². The first-order valence-electron chi connectivity index (χ1n) is 6.80. The first kappa shape index (κ1) is 17.4. The van der Waals surface area contributed by atoms with Gasteiger partial charge < -0.3 is 10.1 Å². The highest BCUT2D eigenvalue weighted by Crippen LogP contribution is 2.26.